The molecule has 7 nitrogen and oxygen atoms in total. The van der Waals surface area contributed by atoms with Crippen LogP contribution in [0, 0.1) is 13.8 Å². The first-order chi connectivity index (χ1) is 14.5. The lowest BCUT2D eigenvalue weighted by atomic mass is 10.1. The molecule has 0 bridgehead atoms. The predicted molar refractivity (Wildman–Crippen MR) is 113 cm³/mol. The van der Waals surface area contributed by atoms with Gasteiger partial charge in [-0.2, -0.15) is 0 Å². The molecule has 0 aliphatic carbocycles. The maximum Gasteiger partial charge on any atom is 0.253 e. The molecule has 0 spiro atoms. The fourth-order valence-corrected chi connectivity index (χ4v) is 3.44. The number of ether oxygens (including phenoxy) is 1. The molecule has 2 heterocycles. The second kappa shape index (κ2) is 8.51. The molecule has 0 radical (unpaired) electrons. The van der Waals surface area contributed by atoms with E-state index in [2.05, 4.69) is 33.2 Å². The number of hydrogen-bond donors (Lipinski definition) is 0. The van der Waals surface area contributed by atoms with Crippen molar-refractivity contribution in [2.24, 2.45) is 0 Å². The van der Waals surface area contributed by atoms with Crippen LogP contribution >= 0.6 is 0 Å². The Morgan fingerprint density at radius 3 is 2.57 bits per heavy atom. The Morgan fingerprint density at radius 2 is 1.80 bits per heavy atom. The third-order valence-electron chi connectivity index (χ3n) is 4.87. The van der Waals surface area contributed by atoms with Crippen molar-refractivity contribution in [3.05, 3.63) is 71.3 Å². The zero-order valence-corrected chi connectivity index (χ0v) is 17.5. The fraction of sp³-hybridized carbons (Fsp3) is 0.261. The van der Waals surface area contributed by atoms with Gasteiger partial charge in [-0.1, -0.05) is 53.2 Å². The molecule has 0 N–H and O–H groups in total. The van der Waals surface area contributed by atoms with Gasteiger partial charge in [0, 0.05) is 17.7 Å². The normalized spacial score (nSPS) is 11.2. The number of benzene rings is 2. The molecule has 4 rings (SSSR count). The summed E-state index contributed by atoms with van der Waals surface area (Å²) in [5, 5.41) is 12.7. The van der Waals surface area contributed by atoms with Crippen molar-refractivity contribution in [3.8, 4) is 28.5 Å². The van der Waals surface area contributed by atoms with Gasteiger partial charge in [-0.25, -0.2) is 0 Å². The predicted octanol–water partition coefficient (Wildman–Crippen LogP) is 4.65. The third kappa shape index (κ3) is 4.11. The summed E-state index contributed by atoms with van der Waals surface area (Å²) in [4.78, 5) is 2.10. The van der Waals surface area contributed by atoms with E-state index in [0.29, 0.717) is 36.3 Å². The Bertz CT molecular complexity index is 1130. The Hall–Kier alpha value is -3.45. The summed E-state index contributed by atoms with van der Waals surface area (Å²) in [6.45, 7) is 5.12. The van der Waals surface area contributed by atoms with Crippen molar-refractivity contribution < 1.29 is 13.7 Å². The average molecular weight is 404 g/mol. The van der Waals surface area contributed by atoms with Gasteiger partial charge in [-0.05, 0) is 27.0 Å². The van der Waals surface area contributed by atoms with Crippen LogP contribution in [0.4, 0.5) is 0 Å². The Morgan fingerprint density at radius 1 is 1.00 bits per heavy atom. The first-order valence-corrected chi connectivity index (χ1v) is 9.71. The molecule has 0 unspecified atom stereocenters. The quantitative estimate of drug-likeness (QED) is 0.444. The third-order valence-corrected chi connectivity index (χ3v) is 4.87. The number of methoxy groups -OCH3 is 1. The molecule has 0 fully saturated rings. The highest BCUT2D eigenvalue weighted by molar-refractivity contribution is 5.77. The SMILES string of the molecule is COc1ccc(C)cc1CN(C)Cc1nnc(-c2c(-c3ccccc3)noc2C)o1. The maximum absolute atomic E-state index is 5.96. The van der Waals surface area contributed by atoms with Crippen LogP contribution in [0.25, 0.3) is 22.7 Å². The van der Waals surface area contributed by atoms with Crippen molar-refractivity contribution in [2.45, 2.75) is 26.9 Å². The van der Waals surface area contributed by atoms with E-state index in [4.69, 9.17) is 13.7 Å². The van der Waals surface area contributed by atoms with Crippen molar-refractivity contribution in [1.82, 2.24) is 20.3 Å². The summed E-state index contributed by atoms with van der Waals surface area (Å²) in [6.07, 6.45) is 0. The van der Waals surface area contributed by atoms with Crippen LogP contribution in [-0.2, 0) is 13.1 Å². The zero-order chi connectivity index (χ0) is 21.1. The molecule has 0 saturated carbocycles. The lowest BCUT2D eigenvalue weighted by molar-refractivity contribution is 0.277. The van der Waals surface area contributed by atoms with Gasteiger partial charge in [0.05, 0.1) is 13.7 Å². The molecular weight excluding hydrogens is 380 g/mol. The molecule has 2 aromatic carbocycles. The largest absolute Gasteiger partial charge is 0.496 e. The first-order valence-electron chi connectivity index (χ1n) is 9.71. The number of hydrogen-bond acceptors (Lipinski definition) is 7. The number of aryl methyl sites for hydroxylation is 2. The van der Waals surface area contributed by atoms with E-state index >= 15 is 0 Å². The molecule has 2 aromatic heterocycles. The fourth-order valence-electron chi connectivity index (χ4n) is 3.44. The van der Waals surface area contributed by atoms with Gasteiger partial charge in [0.15, 0.2) is 0 Å². The molecule has 0 amide bonds. The number of aromatic nitrogens is 3. The summed E-state index contributed by atoms with van der Waals surface area (Å²) in [5.74, 6) is 2.44. The highest BCUT2D eigenvalue weighted by atomic mass is 16.5. The summed E-state index contributed by atoms with van der Waals surface area (Å²) >= 11 is 0. The van der Waals surface area contributed by atoms with Crippen molar-refractivity contribution >= 4 is 0 Å². The van der Waals surface area contributed by atoms with E-state index in [0.717, 1.165) is 22.4 Å². The van der Waals surface area contributed by atoms with Crippen molar-refractivity contribution in [2.75, 3.05) is 14.2 Å². The summed E-state index contributed by atoms with van der Waals surface area (Å²) in [5.41, 5.74) is 4.66. The second-order valence-corrected chi connectivity index (χ2v) is 7.32. The minimum Gasteiger partial charge on any atom is -0.496 e. The minimum atomic E-state index is 0.407. The average Bonchev–Trinajstić information content (AvgIpc) is 3.35. The number of rotatable bonds is 7. The van der Waals surface area contributed by atoms with Gasteiger partial charge in [-0.3, -0.25) is 4.90 Å². The van der Waals surface area contributed by atoms with Gasteiger partial charge in [-0.15, -0.1) is 10.2 Å². The molecular formula is C23H24N4O3. The first kappa shape index (κ1) is 19.8. The van der Waals surface area contributed by atoms with Gasteiger partial charge < -0.3 is 13.7 Å². The molecule has 7 heteroatoms. The topological polar surface area (TPSA) is 77.4 Å². The zero-order valence-electron chi connectivity index (χ0n) is 17.5. The molecule has 154 valence electrons. The summed E-state index contributed by atoms with van der Waals surface area (Å²) in [7, 11) is 3.69. The highest BCUT2D eigenvalue weighted by Gasteiger charge is 2.22. The van der Waals surface area contributed by atoms with Crippen LogP contribution in [0.5, 0.6) is 5.75 Å². The molecule has 0 aliphatic rings. The lowest BCUT2D eigenvalue weighted by Crippen LogP contribution is -2.18. The lowest BCUT2D eigenvalue weighted by Gasteiger charge is -2.17. The van der Waals surface area contributed by atoms with Gasteiger partial charge in [0.2, 0.25) is 5.89 Å². The molecule has 0 aliphatic heterocycles. The molecule has 0 atom stereocenters. The standard InChI is InChI=1S/C23H24N4O3/c1-15-10-11-19(28-4)18(12-15)13-27(3)14-20-24-25-23(29-20)21-16(2)30-26-22(21)17-8-6-5-7-9-17/h5-12H,13-14H2,1-4H3. The Balaban J connectivity index is 1.53. The summed E-state index contributed by atoms with van der Waals surface area (Å²) < 4.78 is 16.9. The van der Waals surface area contributed by atoms with Crippen molar-refractivity contribution in [3.63, 3.8) is 0 Å². The second-order valence-electron chi connectivity index (χ2n) is 7.32. The van der Waals surface area contributed by atoms with Crippen LogP contribution in [-0.4, -0.2) is 34.4 Å². The van der Waals surface area contributed by atoms with E-state index in [1.165, 1.54) is 5.56 Å². The van der Waals surface area contributed by atoms with E-state index in [9.17, 15) is 0 Å². The van der Waals surface area contributed by atoms with E-state index in [1.54, 1.807) is 7.11 Å². The monoisotopic (exact) mass is 404 g/mol. The van der Waals surface area contributed by atoms with Crippen LogP contribution in [0.3, 0.4) is 0 Å². The molecule has 30 heavy (non-hydrogen) atoms. The molecule has 0 saturated heterocycles. The smallest absolute Gasteiger partial charge is 0.253 e. The van der Waals surface area contributed by atoms with E-state index in [-0.39, 0.29) is 0 Å². The van der Waals surface area contributed by atoms with Crippen LogP contribution in [0.2, 0.25) is 0 Å². The van der Waals surface area contributed by atoms with Crippen LogP contribution < -0.4 is 4.74 Å². The minimum absolute atomic E-state index is 0.407. The van der Waals surface area contributed by atoms with Gasteiger partial charge in [0.1, 0.15) is 22.8 Å². The van der Waals surface area contributed by atoms with Crippen LogP contribution in [0.15, 0.2) is 57.5 Å². The molecule has 4 aromatic rings. The highest BCUT2D eigenvalue weighted by Crippen LogP contribution is 2.33. The van der Waals surface area contributed by atoms with Crippen LogP contribution in [0.1, 0.15) is 22.8 Å². The van der Waals surface area contributed by atoms with E-state index in [1.807, 2.05) is 56.4 Å². The van der Waals surface area contributed by atoms with E-state index < -0.39 is 0 Å². The Kier molecular flexibility index (Phi) is 5.63. The van der Waals surface area contributed by atoms with Gasteiger partial charge in [0.25, 0.3) is 5.89 Å². The summed E-state index contributed by atoms with van der Waals surface area (Å²) in [6, 6.07) is 16.0. The Labute approximate surface area is 175 Å². The van der Waals surface area contributed by atoms with Gasteiger partial charge >= 0.3 is 0 Å². The maximum atomic E-state index is 5.96. The number of nitrogens with zero attached hydrogens (tertiary/aromatic N) is 4. The van der Waals surface area contributed by atoms with Crippen molar-refractivity contribution in [1.29, 1.82) is 0 Å².